The van der Waals surface area contributed by atoms with Gasteiger partial charge in [0, 0.05) is 0 Å². The molecule has 0 bridgehead atoms. The van der Waals surface area contributed by atoms with Crippen LogP contribution in [0.15, 0.2) is 12.1 Å². The van der Waals surface area contributed by atoms with Crippen molar-refractivity contribution in [3.8, 4) is 5.75 Å². The molecule has 1 atom stereocenters. The lowest BCUT2D eigenvalue weighted by Gasteiger charge is -2.14. The second kappa shape index (κ2) is 5.95. The van der Waals surface area contributed by atoms with Crippen molar-refractivity contribution in [1.82, 2.24) is 0 Å². The zero-order valence-corrected chi connectivity index (χ0v) is 10.1. The molecule has 86 valence electrons. The van der Waals surface area contributed by atoms with Gasteiger partial charge in [-0.1, -0.05) is 12.1 Å². The third-order valence-corrected chi connectivity index (χ3v) is 2.31. The maximum absolute atomic E-state index is 8.94. The minimum atomic E-state index is -0.307. The fourth-order valence-corrected chi connectivity index (χ4v) is 1.63. The molecule has 0 amide bonds. The molecule has 3 N–H and O–H groups in total. The largest absolute Gasteiger partial charge is 0.496 e. The van der Waals surface area contributed by atoms with Crippen molar-refractivity contribution in [2.75, 3.05) is 13.7 Å². The first-order chi connectivity index (χ1) is 6.60. The van der Waals surface area contributed by atoms with E-state index >= 15 is 0 Å². The summed E-state index contributed by atoms with van der Waals surface area (Å²) in [5, 5.41) is 8.94. The lowest BCUT2D eigenvalue weighted by atomic mass is 10.0. The fraction of sp³-hybridized carbons (Fsp3) is 0.455. The maximum Gasteiger partial charge on any atom is 0.124 e. The van der Waals surface area contributed by atoms with Gasteiger partial charge in [0.1, 0.15) is 5.75 Å². The van der Waals surface area contributed by atoms with Crippen LogP contribution in [0.2, 0.25) is 0 Å². The highest BCUT2D eigenvalue weighted by atomic mass is 35.5. The second-order valence-electron chi connectivity index (χ2n) is 3.48. The van der Waals surface area contributed by atoms with Gasteiger partial charge in [0.2, 0.25) is 0 Å². The summed E-state index contributed by atoms with van der Waals surface area (Å²) in [5.41, 5.74) is 8.78. The van der Waals surface area contributed by atoms with Crippen LogP contribution in [0, 0.1) is 13.8 Å². The molecular formula is C11H18ClNO2. The fourth-order valence-electron chi connectivity index (χ4n) is 1.63. The minimum Gasteiger partial charge on any atom is -0.496 e. The van der Waals surface area contributed by atoms with E-state index in [0.29, 0.717) is 0 Å². The number of ether oxygens (including phenoxy) is 1. The summed E-state index contributed by atoms with van der Waals surface area (Å²) in [4.78, 5) is 0. The Morgan fingerprint density at radius 2 is 1.80 bits per heavy atom. The molecule has 0 saturated carbocycles. The van der Waals surface area contributed by atoms with Crippen molar-refractivity contribution in [2.24, 2.45) is 5.73 Å². The zero-order chi connectivity index (χ0) is 10.7. The number of aliphatic hydroxyl groups is 1. The van der Waals surface area contributed by atoms with Crippen LogP contribution in [0.25, 0.3) is 0 Å². The number of hydrogen-bond acceptors (Lipinski definition) is 3. The van der Waals surface area contributed by atoms with Gasteiger partial charge in [-0.3, -0.25) is 0 Å². The summed E-state index contributed by atoms with van der Waals surface area (Å²) in [6.07, 6.45) is 0. The molecule has 1 aromatic rings. The molecule has 15 heavy (non-hydrogen) atoms. The zero-order valence-electron chi connectivity index (χ0n) is 9.28. The lowest BCUT2D eigenvalue weighted by Crippen LogP contribution is -2.15. The van der Waals surface area contributed by atoms with Crippen LogP contribution in [-0.2, 0) is 0 Å². The summed E-state index contributed by atoms with van der Waals surface area (Å²) >= 11 is 0. The number of methoxy groups -OCH3 is 1. The van der Waals surface area contributed by atoms with E-state index in [1.807, 2.05) is 26.0 Å². The van der Waals surface area contributed by atoms with Crippen molar-refractivity contribution in [1.29, 1.82) is 0 Å². The van der Waals surface area contributed by atoms with E-state index in [0.717, 1.165) is 22.4 Å². The molecule has 0 aliphatic carbocycles. The molecule has 0 saturated heterocycles. The Balaban J connectivity index is 0.00000196. The van der Waals surface area contributed by atoms with Gasteiger partial charge in [-0.25, -0.2) is 0 Å². The lowest BCUT2D eigenvalue weighted by molar-refractivity contribution is 0.268. The molecule has 1 rings (SSSR count). The van der Waals surface area contributed by atoms with E-state index < -0.39 is 0 Å². The van der Waals surface area contributed by atoms with Crippen LogP contribution in [0.3, 0.4) is 0 Å². The number of hydrogen-bond donors (Lipinski definition) is 2. The highest BCUT2D eigenvalue weighted by molar-refractivity contribution is 5.85. The Labute approximate surface area is 96.7 Å². The van der Waals surface area contributed by atoms with Gasteiger partial charge in [0.05, 0.1) is 19.8 Å². The van der Waals surface area contributed by atoms with Crippen LogP contribution in [0.5, 0.6) is 5.75 Å². The van der Waals surface area contributed by atoms with Gasteiger partial charge >= 0.3 is 0 Å². The summed E-state index contributed by atoms with van der Waals surface area (Å²) in [6, 6.07) is 3.60. The van der Waals surface area contributed by atoms with Gasteiger partial charge in [-0.05, 0) is 30.5 Å². The van der Waals surface area contributed by atoms with Crippen molar-refractivity contribution in [2.45, 2.75) is 19.9 Å². The molecule has 1 aromatic carbocycles. The molecule has 0 heterocycles. The Morgan fingerprint density at radius 3 is 2.13 bits per heavy atom. The summed E-state index contributed by atoms with van der Waals surface area (Å²) in [6.45, 7) is 3.91. The van der Waals surface area contributed by atoms with E-state index in [1.165, 1.54) is 0 Å². The summed E-state index contributed by atoms with van der Waals surface area (Å²) in [5.74, 6) is 0.888. The molecule has 0 spiro atoms. The Kier molecular flexibility index (Phi) is 5.65. The van der Waals surface area contributed by atoms with Crippen molar-refractivity contribution < 1.29 is 9.84 Å². The molecule has 0 radical (unpaired) electrons. The highest BCUT2D eigenvalue weighted by Gasteiger charge is 2.09. The van der Waals surface area contributed by atoms with Gasteiger partial charge in [-0.15, -0.1) is 12.4 Å². The van der Waals surface area contributed by atoms with Gasteiger partial charge in [0.15, 0.2) is 0 Å². The molecule has 0 aliphatic rings. The molecule has 0 aromatic heterocycles. The quantitative estimate of drug-likeness (QED) is 0.833. The third-order valence-electron chi connectivity index (χ3n) is 2.31. The number of nitrogens with two attached hydrogens (primary N) is 1. The molecule has 0 unspecified atom stereocenters. The average Bonchev–Trinajstić information content (AvgIpc) is 2.16. The normalized spacial score (nSPS) is 11.8. The number of rotatable bonds is 3. The van der Waals surface area contributed by atoms with E-state index in [-0.39, 0.29) is 25.1 Å². The van der Waals surface area contributed by atoms with Crippen LogP contribution < -0.4 is 10.5 Å². The second-order valence-corrected chi connectivity index (χ2v) is 3.48. The topological polar surface area (TPSA) is 55.5 Å². The number of benzene rings is 1. The van der Waals surface area contributed by atoms with Gasteiger partial charge < -0.3 is 15.6 Å². The summed E-state index contributed by atoms with van der Waals surface area (Å²) < 4.78 is 5.24. The predicted octanol–water partition coefficient (Wildman–Crippen LogP) is 1.73. The number of aliphatic hydroxyl groups excluding tert-OH is 1. The first kappa shape index (κ1) is 14.2. The maximum atomic E-state index is 8.94. The standard InChI is InChI=1S/C11H17NO2.ClH/c1-7-4-9(10(12)6-13)5-8(2)11(7)14-3;/h4-5,10,13H,6,12H2,1-3H3;1H/t10-;/m0./s1. The number of halogens is 1. The molecule has 0 aliphatic heterocycles. The first-order valence-corrected chi connectivity index (χ1v) is 4.61. The Morgan fingerprint density at radius 1 is 1.33 bits per heavy atom. The van der Waals surface area contributed by atoms with Gasteiger partial charge in [-0.2, -0.15) is 0 Å². The third kappa shape index (κ3) is 3.09. The number of aryl methyl sites for hydroxylation is 2. The first-order valence-electron chi connectivity index (χ1n) is 4.61. The van der Waals surface area contributed by atoms with Gasteiger partial charge in [0.25, 0.3) is 0 Å². The van der Waals surface area contributed by atoms with Crippen LogP contribution in [0.4, 0.5) is 0 Å². The van der Waals surface area contributed by atoms with Crippen molar-refractivity contribution >= 4 is 12.4 Å². The van der Waals surface area contributed by atoms with E-state index in [1.54, 1.807) is 7.11 Å². The smallest absolute Gasteiger partial charge is 0.124 e. The van der Waals surface area contributed by atoms with Crippen molar-refractivity contribution in [3.63, 3.8) is 0 Å². The Hall–Kier alpha value is -0.770. The summed E-state index contributed by atoms with van der Waals surface area (Å²) in [7, 11) is 1.65. The van der Waals surface area contributed by atoms with E-state index in [4.69, 9.17) is 15.6 Å². The SMILES string of the molecule is COc1c(C)cc([C@@H](N)CO)cc1C.Cl. The molecule has 4 heteroatoms. The van der Waals surface area contributed by atoms with E-state index in [9.17, 15) is 0 Å². The molecule has 3 nitrogen and oxygen atoms in total. The van der Waals surface area contributed by atoms with Crippen molar-refractivity contribution in [3.05, 3.63) is 28.8 Å². The van der Waals surface area contributed by atoms with E-state index in [2.05, 4.69) is 0 Å². The molecular weight excluding hydrogens is 214 g/mol. The van der Waals surface area contributed by atoms with Crippen LogP contribution >= 0.6 is 12.4 Å². The highest BCUT2D eigenvalue weighted by Crippen LogP contribution is 2.26. The minimum absolute atomic E-state index is 0. The molecule has 0 fully saturated rings. The monoisotopic (exact) mass is 231 g/mol. The average molecular weight is 232 g/mol. The van der Waals surface area contributed by atoms with Crippen LogP contribution in [0.1, 0.15) is 22.7 Å². The Bertz CT molecular complexity index is 305. The van der Waals surface area contributed by atoms with Crippen LogP contribution in [-0.4, -0.2) is 18.8 Å². The predicted molar refractivity (Wildman–Crippen MR) is 63.7 cm³/mol.